The Bertz CT molecular complexity index is 193. The predicted octanol–water partition coefficient (Wildman–Crippen LogP) is 3.22. The van der Waals surface area contributed by atoms with Crippen LogP contribution in [0.3, 0.4) is 0 Å². The van der Waals surface area contributed by atoms with Crippen molar-refractivity contribution in [3.05, 3.63) is 0 Å². The van der Waals surface area contributed by atoms with Crippen LogP contribution in [0.1, 0.15) is 53.9 Å². The first-order valence-corrected chi connectivity index (χ1v) is 6.81. The summed E-state index contributed by atoms with van der Waals surface area (Å²) in [7, 11) is 0. The number of ether oxygens (including phenoxy) is 1. The van der Waals surface area contributed by atoms with Crippen molar-refractivity contribution in [3.8, 4) is 0 Å². The van der Waals surface area contributed by atoms with Gasteiger partial charge in [0.05, 0.1) is 11.7 Å². The summed E-state index contributed by atoms with van der Waals surface area (Å²) in [6, 6.07) is 0. The second-order valence-corrected chi connectivity index (χ2v) is 6.20. The molecule has 0 radical (unpaired) electrons. The van der Waals surface area contributed by atoms with Gasteiger partial charge in [0.1, 0.15) is 0 Å². The van der Waals surface area contributed by atoms with Crippen molar-refractivity contribution in [2.75, 3.05) is 13.1 Å². The lowest BCUT2D eigenvalue weighted by molar-refractivity contribution is -0.0959. The monoisotopic (exact) mass is 227 g/mol. The molecule has 0 aromatic carbocycles. The van der Waals surface area contributed by atoms with E-state index in [0.717, 1.165) is 24.9 Å². The van der Waals surface area contributed by atoms with E-state index in [0.29, 0.717) is 6.10 Å². The summed E-state index contributed by atoms with van der Waals surface area (Å²) in [6.45, 7) is 13.2. The fourth-order valence-corrected chi connectivity index (χ4v) is 2.89. The molecule has 1 aliphatic carbocycles. The Kier molecular flexibility index (Phi) is 5.26. The highest BCUT2D eigenvalue weighted by Crippen LogP contribution is 2.32. The van der Waals surface area contributed by atoms with Crippen LogP contribution in [0.4, 0.5) is 0 Å². The molecule has 0 aromatic heterocycles. The first-order valence-electron chi connectivity index (χ1n) is 6.81. The Morgan fingerprint density at radius 2 is 1.69 bits per heavy atom. The molecule has 1 N–H and O–H groups in total. The van der Waals surface area contributed by atoms with E-state index in [1.165, 1.54) is 19.3 Å². The predicted molar refractivity (Wildman–Crippen MR) is 69.7 cm³/mol. The van der Waals surface area contributed by atoms with Crippen LogP contribution in [-0.4, -0.2) is 24.8 Å². The molecule has 96 valence electrons. The second kappa shape index (κ2) is 6.02. The molecule has 2 heteroatoms. The van der Waals surface area contributed by atoms with Gasteiger partial charge in [0, 0.05) is 6.54 Å². The molecule has 16 heavy (non-hydrogen) atoms. The summed E-state index contributed by atoms with van der Waals surface area (Å²) in [4.78, 5) is 0. The van der Waals surface area contributed by atoms with Gasteiger partial charge >= 0.3 is 0 Å². The third-order valence-electron chi connectivity index (χ3n) is 3.42. The van der Waals surface area contributed by atoms with E-state index in [2.05, 4.69) is 39.9 Å². The van der Waals surface area contributed by atoms with Gasteiger partial charge in [-0.05, 0) is 51.5 Å². The van der Waals surface area contributed by atoms with E-state index in [4.69, 9.17) is 4.74 Å². The molecule has 0 amide bonds. The van der Waals surface area contributed by atoms with Crippen molar-refractivity contribution in [1.29, 1.82) is 0 Å². The lowest BCUT2D eigenvalue weighted by Gasteiger charge is -2.37. The Morgan fingerprint density at radius 3 is 2.19 bits per heavy atom. The minimum Gasteiger partial charge on any atom is -0.371 e. The van der Waals surface area contributed by atoms with Crippen LogP contribution in [0.15, 0.2) is 0 Å². The number of nitrogens with one attached hydrogen (secondary N) is 1. The fraction of sp³-hybridized carbons (Fsp3) is 1.00. The summed E-state index contributed by atoms with van der Waals surface area (Å²) in [5.74, 6) is 1.65. The highest BCUT2D eigenvalue weighted by molar-refractivity contribution is 4.80. The van der Waals surface area contributed by atoms with Gasteiger partial charge in [-0.3, -0.25) is 0 Å². The van der Waals surface area contributed by atoms with Crippen LogP contribution in [0.25, 0.3) is 0 Å². The largest absolute Gasteiger partial charge is 0.371 e. The fourth-order valence-electron chi connectivity index (χ4n) is 2.89. The van der Waals surface area contributed by atoms with E-state index < -0.39 is 0 Å². The number of rotatable bonds is 5. The van der Waals surface area contributed by atoms with Gasteiger partial charge in [-0.25, -0.2) is 0 Å². The molecule has 2 nitrogen and oxygen atoms in total. The summed E-state index contributed by atoms with van der Waals surface area (Å²) < 4.78 is 6.26. The zero-order valence-corrected chi connectivity index (χ0v) is 11.7. The molecule has 0 aromatic rings. The van der Waals surface area contributed by atoms with E-state index in [-0.39, 0.29) is 5.60 Å². The molecular formula is C14H29NO. The average molecular weight is 227 g/mol. The van der Waals surface area contributed by atoms with E-state index >= 15 is 0 Å². The van der Waals surface area contributed by atoms with Crippen molar-refractivity contribution in [3.63, 3.8) is 0 Å². The van der Waals surface area contributed by atoms with Crippen LogP contribution < -0.4 is 5.32 Å². The molecule has 0 spiro atoms. The maximum Gasteiger partial charge on any atom is 0.0754 e. The highest BCUT2D eigenvalue weighted by Gasteiger charge is 2.29. The molecular weight excluding hydrogens is 198 g/mol. The van der Waals surface area contributed by atoms with E-state index in [1.54, 1.807) is 0 Å². The standard InChI is InChI=1S/C14H29NO/c1-6-15-10-14(4,5)16-13-8-11(2)7-12(3)9-13/h11-13,15H,6-10H2,1-5H3. The maximum absolute atomic E-state index is 6.26. The Labute approximate surface area is 101 Å². The van der Waals surface area contributed by atoms with Gasteiger partial charge in [0.15, 0.2) is 0 Å². The first kappa shape index (κ1) is 14.0. The summed E-state index contributed by atoms with van der Waals surface area (Å²) in [5.41, 5.74) is -0.0303. The SMILES string of the molecule is CCNCC(C)(C)OC1CC(C)CC(C)C1. The summed E-state index contributed by atoms with van der Waals surface area (Å²) in [5, 5.41) is 3.38. The zero-order valence-electron chi connectivity index (χ0n) is 11.7. The van der Waals surface area contributed by atoms with Gasteiger partial charge in [-0.1, -0.05) is 20.8 Å². The van der Waals surface area contributed by atoms with Crippen molar-refractivity contribution >= 4 is 0 Å². The first-order chi connectivity index (χ1) is 7.43. The Hall–Kier alpha value is -0.0800. The molecule has 2 unspecified atom stereocenters. The number of hydrogen-bond donors (Lipinski definition) is 1. The van der Waals surface area contributed by atoms with Gasteiger partial charge in [-0.15, -0.1) is 0 Å². The molecule has 1 saturated carbocycles. The van der Waals surface area contributed by atoms with E-state index in [9.17, 15) is 0 Å². The average Bonchev–Trinajstić information content (AvgIpc) is 2.12. The lowest BCUT2D eigenvalue weighted by Crippen LogP contribution is -2.42. The van der Waals surface area contributed by atoms with Crippen LogP contribution in [0.5, 0.6) is 0 Å². The van der Waals surface area contributed by atoms with Gasteiger partial charge < -0.3 is 10.1 Å². The molecule has 1 fully saturated rings. The highest BCUT2D eigenvalue weighted by atomic mass is 16.5. The molecule has 0 bridgehead atoms. The van der Waals surface area contributed by atoms with E-state index in [1.807, 2.05) is 0 Å². The normalized spacial score (nSPS) is 31.7. The third-order valence-corrected chi connectivity index (χ3v) is 3.42. The smallest absolute Gasteiger partial charge is 0.0754 e. The van der Waals surface area contributed by atoms with Crippen molar-refractivity contribution in [2.24, 2.45) is 11.8 Å². The third kappa shape index (κ3) is 4.84. The van der Waals surface area contributed by atoms with Crippen molar-refractivity contribution in [2.45, 2.75) is 65.6 Å². The zero-order chi connectivity index (χ0) is 12.2. The quantitative estimate of drug-likeness (QED) is 0.778. The van der Waals surface area contributed by atoms with Gasteiger partial charge in [0.2, 0.25) is 0 Å². The van der Waals surface area contributed by atoms with Crippen molar-refractivity contribution < 1.29 is 4.74 Å². The molecule has 1 aliphatic rings. The summed E-state index contributed by atoms with van der Waals surface area (Å²) in [6.07, 6.45) is 4.31. The number of hydrogen-bond acceptors (Lipinski definition) is 2. The van der Waals surface area contributed by atoms with Gasteiger partial charge in [0.25, 0.3) is 0 Å². The minimum atomic E-state index is -0.0303. The molecule has 0 saturated heterocycles. The number of likely N-dealkylation sites (N-methyl/N-ethyl adjacent to an activating group) is 1. The van der Waals surface area contributed by atoms with Crippen LogP contribution in [0.2, 0.25) is 0 Å². The maximum atomic E-state index is 6.26. The Morgan fingerprint density at radius 1 is 1.12 bits per heavy atom. The van der Waals surface area contributed by atoms with Crippen LogP contribution >= 0.6 is 0 Å². The minimum absolute atomic E-state index is 0.0303. The molecule has 0 heterocycles. The second-order valence-electron chi connectivity index (χ2n) is 6.20. The van der Waals surface area contributed by atoms with Crippen LogP contribution in [-0.2, 0) is 4.74 Å². The summed E-state index contributed by atoms with van der Waals surface area (Å²) >= 11 is 0. The topological polar surface area (TPSA) is 21.3 Å². The lowest BCUT2D eigenvalue weighted by atomic mass is 9.81. The van der Waals surface area contributed by atoms with Crippen molar-refractivity contribution in [1.82, 2.24) is 5.32 Å². The molecule has 0 aliphatic heterocycles. The van der Waals surface area contributed by atoms with Crippen LogP contribution in [0, 0.1) is 11.8 Å². The Balaban J connectivity index is 2.39. The van der Waals surface area contributed by atoms with Gasteiger partial charge in [-0.2, -0.15) is 0 Å². The molecule has 1 rings (SSSR count). The molecule has 2 atom stereocenters.